The Morgan fingerprint density at radius 3 is 2.76 bits per heavy atom. The third-order valence-electron chi connectivity index (χ3n) is 2.41. The lowest BCUT2D eigenvalue weighted by molar-refractivity contribution is -0.131. The molecule has 0 aromatic heterocycles. The number of carboxylic acids is 1. The highest BCUT2D eigenvalue weighted by Gasteiger charge is 2.06. The summed E-state index contributed by atoms with van der Waals surface area (Å²) in [5.74, 6) is -0.673. The van der Waals surface area contributed by atoms with E-state index in [0.29, 0.717) is 16.3 Å². The Kier molecular flexibility index (Phi) is 6.75. The summed E-state index contributed by atoms with van der Waals surface area (Å²) in [6, 6.07) is 4.97. The lowest BCUT2D eigenvalue weighted by Gasteiger charge is -2.11. The van der Waals surface area contributed by atoms with E-state index < -0.39 is 5.97 Å². The molecule has 0 atom stereocenters. The van der Waals surface area contributed by atoms with E-state index in [1.54, 1.807) is 18.2 Å². The molecule has 0 unspecified atom stereocenters. The summed E-state index contributed by atoms with van der Waals surface area (Å²) in [7, 11) is 0. The van der Waals surface area contributed by atoms with Gasteiger partial charge in [-0.2, -0.15) is 0 Å². The molecule has 0 aliphatic carbocycles. The molecule has 1 aromatic rings. The van der Waals surface area contributed by atoms with Crippen LogP contribution < -0.4 is 10.1 Å². The zero-order chi connectivity index (χ0) is 15.8. The number of carbonyl (C=O) groups is 2. The van der Waals surface area contributed by atoms with Crippen LogP contribution in [0.5, 0.6) is 5.75 Å². The lowest BCUT2D eigenvalue weighted by atomic mass is 10.2. The predicted octanol–water partition coefficient (Wildman–Crippen LogP) is 2.73. The van der Waals surface area contributed by atoms with Crippen LogP contribution in [0.1, 0.15) is 25.8 Å². The van der Waals surface area contributed by atoms with Crippen LogP contribution in [0, 0.1) is 0 Å². The number of benzene rings is 1. The van der Waals surface area contributed by atoms with Gasteiger partial charge in [0.2, 0.25) is 5.91 Å². The van der Waals surface area contributed by atoms with Crippen molar-refractivity contribution in [1.82, 2.24) is 5.32 Å². The monoisotopic (exact) mass is 311 g/mol. The minimum atomic E-state index is -1.06. The second-order valence-electron chi connectivity index (χ2n) is 4.67. The Labute approximate surface area is 128 Å². The van der Waals surface area contributed by atoms with Gasteiger partial charge in [-0.15, -0.1) is 0 Å². The molecule has 114 valence electrons. The summed E-state index contributed by atoms with van der Waals surface area (Å²) >= 11 is 5.87. The van der Waals surface area contributed by atoms with Crippen LogP contribution in [0.15, 0.2) is 24.3 Å². The Balaban J connectivity index is 2.66. The third kappa shape index (κ3) is 6.81. The van der Waals surface area contributed by atoms with E-state index in [-0.39, 0.29) is 25.0 Å². The number of aliphatic carboxylic acids is 1. The van der Waals surface area contributed by atoms with Crippen molar-refractivity contribution in [2.75, 3.05) is 6.61 Å². The van der Waals surface area contributed by atoms with Crippen molar-refractivity contribution in [2.45, 2.75) is 26.3 Å². The van der Waals surface area contributed by atoms with Gasteiger partial charge in [-0.25, -0.2) is 4.79 Å². The molecule has 21 heavy (non-hydrogen) atoms. The molecule has 0 saturated carbocycles. The van der Waals surface area contributed by atoms with Gasteiger partial charge in [-0.3, -0.25) is 4.79 Å². The first-order valence-electron chi connectivity index (χ1n) is 6.51. The fraction of sp³-hybridized carbons (Fsp3) is 0.333. The van der Waals surface area contributed by atoms with Crippen LogP contribution in [-0.4, -0.2) is 29.6 Å². The molecule has 0 radical (unpaired) electrons. The third-order valence-corrected chi connectivity index (χ3v) is 2.65. The lowest BCUT2D eigenvalue weighted by Crippen LogP contribution is -2.31. The largest absolute Gasteiger partial charge is 0.492 e. The van der Waals surface area contributed by atoms with E-state index in [1.807, 2.05) is 13.8 Å². The molecule has 0 spiro atoms. The van der Waals surface area contributed by atoms with E-state index in [2.05, 4.69) is 5.32 Å². The number of halogens is 1. The number of carbonyl (C=O) groups excluding carboxylic acids is 1. The van der Waals surface area contributed by atoms with E-state index in [0.717, 1.165) is 6.08 Å². The zero-order valence-electron chi connectivity index (χ0n) is 11.9. The topological polar surface area (TPSA) is 75.6 Å². The standard InChI is InChI=1S/C15H18ClNO4/c1-10(2)17-14(18)7-8-21-13-5-4-12(16)9-11(13)3-6-15(19)20/h3-6,9-10H,7-8H2,1-2H3,(H,17,18)(H,19,20). The molecule has 0 bridgehead atoms. The quantitative estimate of drug-likeness (QED) is 0.759. The van der Waals surface area contributed by atoms with Gasteiger partial charge in [0.05, 0.1) is 13.0 Å². The van der Waals surface area contributed by atoms with Gasteiger partial charge >= 0.3 is 5.97 Å². The van der Waals surface area contributed by atoms with Crippen molar-refractivity contribution < 1.29 is 19.4 Å². The van der Waals surface area contributed by atoms with Crippen molar-refractivity contribution in [3.05, 3.63) is 34.9 Å². The van der Waals surface area contributed by atoms with Crippen molar-refractivity contribution in [3.63, 3.8) is 0 Å². The fourth-order valence-corrected chi connectivity index (χ4v) is 1.77. The summed E-state index contributed by atoms with van der Waals surface area (Å²) in [4.78, 5) is 22.1. The molecule has 2 N–H and O–H groups in total. The Morgan fingerprint density at radius 2 is 2.14 bits per heavy atom. The second-order valence-corrected chi connectivity index (χ2v) is 5.11. The second kappa shape index (κ2) is 8.32. The van der Waals surface area contributed by atoms with Gasteiger partial charge in [0.25, 0.3) is 0 Å². The van der Waals surface area contributed by atoms with Crippen molar-refractivity contribution in [2.24, 2.45) is 0 Å². The van der Waals surface area contributed by atoms with E-state index >= 15 is 0 Å². The smallest absolute Gasteiger partial charge is 0.328 e. The minimum Gasteiger partial charge on any atom is -0.492 e. The first-order chi connectivity index (χ1) is 9.88. The van der Waals surface area contributed by atoms with Gasteiger partial charge in [-0.1, -0.05) is 11.6 Å². The van der Waals surface area contributed by atoms with Crippen LogP contribution >= 0.6 is 11.6 Å². The Hall–Kier alpha value is -2.01. The average molecular weight is 312 g/mol. The molecular weight excluding hydrogens is 294 g/mol. The summed E-state index contributed by atoms with van der Waals surface area (Å²) < 4.78 is 5.51. The predicted molar refractivity (Wildman–Crippen MR) is 81.5 cm³/mol. The summed E-state index contributed by atoms with van der Waals surface area (Å²) in [6.07, 6.45) is 2.63. The van der Waals surface area contributed by atoms with E-state index in [1.165, 1.54) is 6.08 Å². The number of nitrogens with one attached hydrogen (secondary N) is 1. The molecular formula is C15H18ClNO4. The molecule has 0 fully saturated rings. The van der Waals surface area contributed by atoms with E-state index in [9.17, 15) is 9.59 Å². The molecule has 0 saturated heterocycles. The van der Waals surface area contributed by atoms with Crippen molar-refractivity contribution in [3.8, 4) is 5.75 Å². The highest BCUT2D eigenvalue weighted by molar-refractivity contribution is 6.30. The fourth-order valence-electron chi connectivity index (χ4n) is 1.59. The molecule has 0 aliphatic heterocycles. The average Bonchev–Trinajstić information content (AvgIpc) is 2.37. The molecule has 6 heteroatoms. The molecule has 1 rings (SSSR count). The molecule has 5 nitrogen and oxygen atoms in total. The summed E-state index contributed by atoms with van der Waals surface area (Å²) in [5, 5.41) is 11.9. The molecule has 1 aromatic carbocycles. The number of carboxylic acid groups (broad SMARTS) is 1. The molecule has 0 aliphatic rings. The van der Waals surface area contributed by atoms with Crippen LogP contribution in [0.4, 0.5) is 0 Å². The van der Waals surface area contributed by atoms with Gasteiger partial charge in [0.15, 0.2) is 0 Å². The molecule has 1 amide bonds. The SMILES string of the molecule is CC(C)NC(=O)CCOc1ccc(Cl)cc1C=CC(=O)O. The van der Waals surface area contributed by atoms with Crippen LogP contribution in [0.25, 0.3) is 6.08 Å². The van der Waals surface area contributed by atoms with Crippen LogP contribution in [0.2, 0.25) is 5.02 Å². The first-order valence-corrected chi connectivity index (χ1v) is 6.89. The van der Waals surface area contributed by atoms with Crippen LogP contribution in [-0.2, 0) is 9.59 Å². The molecule has 0 heterocycles. The minimum absolute atomic E-state index is 0.0853. The summed E-state index contributed by atoms with van der Waals surface area (Å²) in [6.45, 7) is 3.97. The van der Waals surface area contributed by atoms with Gasteiger partial charge in [-0.05, 0) is 38.1 Å². The Morgan fingerprint density at radius 1 is 1.43 bits per heavy atom. The normalized spacial score (nSPS) is 10.9. The first kappa shape index (κ1) is 17.0. The maximum atomic E-state index is 11.5. The van der Waals surface area contributed by atoms with Gasteiger partial charge in [0.1, 0.15) is 5.75 Å². The maximum absolute atomic E-state index is 11.5. The number of hydrogen-bond donors (Lipinski definition) is 2. The number of ether oxygens (including phenoxy) is 1. The van der Waals surface area contributed by atoms with Crippen molar-refractivity contribution in [1.29, 1.82) is 0 Å². The number of amides is 1. The van der Waals surface area contributed by atoms with Crippen molar-refractivity contribution >= 4 is 29.6 Å². The highest BCUT2D eigenvalue weighted by atomic mass is 35.5. The highest BCUT2D eigenvalue weighted by Crippen LogP contribution is 2.24. The number of hydrogen-bond acceptors (Lipinski definition) is 3. The van der Waals surface area contributed by atoms with E-state index in [4.69, 9.17) is 21.4 Å². The zero-order valence-corrected chi connectivity index (χ0v) is 12.7. The van der Waals surface area contributed by atoms with Gasteiger partial charge in [0, 0.05) is 22.7 Å². The number of rotatable bonds is 7. The Bertz CT molecular complexity index is 540. The maximum Gasteiger partial charge on any atom is 0.328 e. The van der Waals surface area contributed by atoms with Crippen LogP contribution in [0.3, 0.4) is 0 Å². The van der Waals surface area contributed by atoms with Gasteiger partial charge < -0.3 is 15.2 Å². The summed E-state index contributed by atoms with van der Waals surface area (Å²) in [5.41, 5.74) is 0.550.